The molecule has 0 saturated carbocycles. The molecule has 0 amide bonds. The molecular formula is C46H91N5O4. The Labute approximate surface area is 341 Å². The topological polar surface area (TPSA) is 90.9 Å². The van der Waals surface area contributed by atoms with E-state index in [1.807, 2.05) is 20.8 Å². The van der Waals surface area contributed by atoms with Gasteiger partial charge in [0.2, 0.25) is 11.9 Å². The van der Waals surface area contributed by atoms with E-state index in [0.717, 1.165) is 51.3 Å². The van der Waals surface area contributed by atoms with Crippen molar-refractivity contribution in [1.29, 1.82) is 0 Å². The lowest BCUT2D eigenvalue weighted by molar-refractivity contribution is -0.380. The zero-order valence-electron chi connectivity index (χ0n) is 37.4. The van der Waals surface area contributed by atoms with E-state index in [2.05, 4.69) is 31.0 Å². The Balaban J connectivity index is 2.60. The predicted molar refractivity (Wildman–Crippen MR) is 235 cm³/mol. The second-order valence-electron chi connectivity index (χ2n) is 15.6. The molecule has 1 N–H and O–H groups in total. The minimum Gasteiger partial charge on any atom is -0.463 e. The van der Waals surface area contributed by atoms with E-state index >= 15 is 0 Å². The molecule has 0 saturated heterocycles. The van der Waals surface area contributed by atoms with E-state index in [1.54, 1.807) is 0 Å². The summed E-state index contributed by atoms with van der Waals surface area (Å²) in [6.45, 7) is 18.2. The van der Waals surface area contributed by atoms with Crippen LogP contribution >= 0.6 is 0 Å². The van der Waals surface area contributed by atoms with E-state index < -0.39 is 5.97 Å². The Morgan fingerprint density at radius 1 is 0.455 bits per heavy atom. The highest BCUT2D eigenvalue weighted by atomic mass is 16.9. The summed E-state index contributed by atoms with van der Waals surface area (Å²) in [5, 5.41) is 3.56. The normalized spacial score (nSPS) is 11.7. The van der Waals surface area contributed by atoms with Crippen LogP contribution in [0.3, 0.4) is 0 Å². The van der Waals surface area contributed by atoms with Crippen LogP contribution in [0.25, 0.3) is 0 Å². The Bertz CT molecular complexity index is 922. The highest BCUT2D eigenvalue weighted by Crippen LogP contribution is 2.24. The average Bonchev–Trinajstić information content (AvgIpc) is 3.18. The minimum atomic E-state index is -0.858. The molecule has 324 valence electrons. The summed E-state index contributed by atoms with van der Waals surface area (Å²) in [4.78, 5) is 17.1. The molecule has 1 aromatic heterocycles. The van der Waals surface area contributed by atoms with Crippen molar-refractivity contribution in [2.75, 3.05) is 56.3 Å². The smallest absolute Gasteiger partial charge is 0.323 e. The van der Waals surface area contributed by atoms with Gasteiger partial charge in [0.15, 0.2) is 0 Å². The third-order valence-electron chi connectivity index (χ3n) is 10.5. The van der Waals surface area contributed by atoms with Crippen LogP contribution in [0.5, 0.6) is 6.01 Å². The van der Waals surface area contributed by atoms with Crippen molar-refractivity contribution in [3.8, 4) is 6.01 Å². The molecule has 9 heteroatoms. The summed E-state index contributed by atoms with van der Waals surface area (Å²) in [7, 11) is 0. The van der Waals surface area contributed by atoms with E-state index in [0.29, 0.717) is 38.4 Å². The number of nitrogens with one attached hydrogen (secondary N) is 1. The van der Waals surface area contributed by atoms with E-state index in [9.17, 15) is 0 Å². The molecular weight excluding hydrogens is 687 g/mol. The minimum absolute atomic E-state index is 0.481. The maximum atomic E-state index is 6.20. The molecule has 0 aromatic carbocycles. The van der Waals surface area contributed by atoms with Crippen LogP contribution in [-0.4, -0.2) is 67.0 Å². The monoisotopic (exact) mass is 778 g/mol. The first-order valence-electron chi connectivity index (χ1n) is 23.9. The maximum Gasteiger partial charge on any atom is 0.323 e. The number of rotatable bonds is 43. The Hall–Kier alpha value is -1.71. The lowest BCUT2D eigenvalue weighted by Crippen LogP contribution is -2.39. The lowest BCUT2D eigenvalue weighted by atomic mass is 10.1. The Kier molecular flexibility index (Phi) is 35.3. The molecule has 0 aliphatic heterocycles. The summed E-state index contributed by atoms with van der Waals surface area (Å²) in [6.07, 6.45) is 36.1. The van der Waals surface area contributed by atoms with Crippen molar-refractivity contribution in [1.82, 2.24) is 15.0 Å². The number of aromatic nitrogens is 3. The van der Waals surface area contributed by atoms with Gasteiger partial charge in [-0.3, -0.25) is 0 Å². The second kappa shape index (κ2) is 37.8. The van der Waals surface area contributed by atoms with Gasteiger partial charge in [-0.05, 0) is 52.9 Å². The number of hydrogen-bond acceptors (Lipinski definition) is 9. The molecule has 0 aliphatic carbocycles. The summed E-state index contributed by atoms with van der Waals surface area (Å²) < 4.78 is 23.8. The van der Waals surface area contributed by atoms with Crippen LogP contribution in [0.15, 0.2) is 0 Å². The van der Waals surface area contributed by atoms with Crippen LogP contribution in [-0.2, 0) is 14.2 Å². The molecule has 0 bridgehead atoms. The van der Waals surface area contributed by atoms with Crippen molar-refractivity contribution in [2.45, 2.75) is 234 Å². The van der Waals surface area contributed by atoms with Crippen LogP contribution in [0, 0.1) is 0 Å². The van der Waals surface area contributed by atoms with Gasteiger partial charge < -0.3 is 29.2 Å². The molecule has 0 spiro atoms. The van der Waals surface area contributed by atoms with Gasteiger partial charge in [-0.15, -0.1) is 0 Å². The van der Waals surface area contributed by atoms with Crippen molar-refractivity contribution in [3.63, 3.8) is 0 Å². The maximum absolute atomic E-state index is 6.20. The molecule has 1 heterocycles. The van der Waals surface area contributed by atoms with Crippen molar-refractivity contribution >= 4 is 11.9 Å². The highest BCUT2D eigenvalue weighted by molar-refractivity contribution is 5.38. The molecule has 0 aliphatic rings. The van der Waals surface area contributed by atoms with Crippen LogP contribution in [0.1, 0.15) is 228 Å². The third-order valence-corrected chi connectivity index (χ3v) is 10.5. The van der Waals surface area contributed by atoms with Crippen LogP contribution < -0.4 is 15.0 Å². The summed E-state index contributed by atoms with van der Waals surface area (Å²) in [5.74, 6) is 0.595. The molecule has 0 unspecified atom stereocenters. The van der Waals surface area contributed by atoms with Gasteiger partial charge in [0.1, 0.15) is 0 Å². The second-order valence-corrected chi connectivity index (χ2v) is 15.6. The number of anilines is 2. The van der Waals surface area contributed by atoms with Crippen molar-refractivity contribution < 1.29 is 18.9 Å². The quantitative estimate of drug-likeness (QED) is 0.0514. The number of nitrogens with zero attached hydrogens (tertiary/aromatic N) is 4. The molecule has 0 atom stereocenters. The number of hydrogen-bond donors (Lipinski definition) is 1. The number of unbranched alkanes of at least 4 members (excludes halogenated alkanes) is 24. The summed E-state index contributed by atoms with van der Waals surface area (Å²) in [5.41, 5.74) is 0. The summed E-state index contributed by atoms with van der Waals surface area (Å²) >= 11 is 0. The largest absolute Gasteiger partial charge is 0.463 e. The van der Waals surface area contributed by atoms with Gasteiger partial charge in [0.25, 0.3) is 5.97 Å². The Morgan fingerprint density at radius 3 is 1.35 bits per heavy atom. The molecule has 1 aromatic rings. The predicted octanol–water partition coefficient (Wildman–Crippen LogP) is 13.6. The molecule has 9 nitrogen and oxygen atoms in total. The van der Waals surface area contributed by atoms with Gasteiger partial charge in [-0.2, -0.15) is 15.0 Å². The van der Waals surface area contributed by atoms with E-state index in [-0.39, 0.29) is 0 Å². The van der Waals surface area contributed by atoms with E-state index in [4.69, 9.17) is 33.9 Å². The van der Waals surface area contributed by atoms with Crippen LogP contribution in [0.2, 0.25) is 0 Å². The van der Waals surface area contributed by atoms with Gasteiger partial charge >= 0.3 is 6.01 Å². The first-order valence-corrected chi connectivity index (χ1v) is 23.9. The fraction of sp³-hybridized carbons (Fsp3) is 0.935. The number of ether oxygens (including phenoxy) is 4. The fourth-order valence-electron chi connectivity index (χ4n) is 7.24. The molecule has 1 rings (SSSR count). The SMILES string of the molecule is CCCCCCCCOc1nc(NCCCCCCCCCCCCC(OCC)(OCC)OCC)nc(N(CCCCCCCC)CCCCCCCC)n1. The molecule has 55 heavy (non-hydrogen) atoms. The zero-order chi connectivity index (χ0) is 39.9. The zero-order valence-corrected chi connectivity index (χ0v) is 37.4. The lowest BCUT2D eigenvalue weighted by Gasteiger charge is -2.32. The first kappa shape index (κ1) is 51.3. The van der Waals surface area contributed by atoms with Gasteiger partial charge in [0, 0.05) is 45.9 Å². The average molecular weight is 778 g/mol. The molecule has 0 radical (unpaired) electrons. The Morgan fingerprint density at radius 2 is 0.873 bits per heavy atom. The van der Waals surface area contributed by atoms with Gasteiger partial charge in [0.05, 0.1) is 6.61 Å². The van der Waals surface area contributed by atoms with Crippen molar-refractivity contribution in [2.24, 2.45) is 0 Å². The summed E-state index contributed by atoms with van der Waals surface area (Å²) in [6, 6.07) is 0.481. The first-order chi connectivity index (χ1) is 27.1. The fourth-order valence-corrected chi connectivity index (χ4v) is 7.24. The van der Waals surface area contributed by atoms with Crippen LogP contribution in [0.4, 0.5) is 11.9 Å². The highest BCUT2D eigenvalue weighted by Gasteiger charge is 2.31. The molecule has 0 fully saturated rings. The van der Waals surface area contributed by atoms with E-state index in [1.165, 1.54) is 161 Å². The standard InChI is InChI=1S/C46H91N5O4/c1-7-13-16-19-30-35-40-51(41-36-31-20-17-14-8-2)44-48-43(49-45(50-44)52-42-37-32-21-18-15-9-3)47-39-34-29-27-25-23-22-24-26-28-33-38-46(53-10-4,54-11-5)55-12-6/h7-42H2,1-6H3,(H,47,48,49,50). The van der Waals surface area contributed by atoms with Gasteiger partial charge in [-0.1, -0.05) is 168 Å². The van der Waals surface area contributed by atoms with Crippen molar-refractivity contribution in [3.05, 3.63) is 0 Å². The van der Waals surface area contributed by atoms with Gasteiger partial charge in [-0.25, -0.2) is 0 Å². The third kappa shape index (κ3) is 28.4.